The van der Waals surface area contributed by atoms with Crippen LogP contribution in [0.2, 0.25) is 0 Å². The van der Waals surface area contributed by atoms with Gasteiger partial charge in [-0.25, -0.2) is 8.42 Å². The molecule has 1 aliphatic rings. The van der Waals surface area contributed by atoms with Crippen molar-refractivity contribution in [1.29, 1.82) is 0 Å². The molecule has 0 atom stereocenters. The van der Waals surface area contributed by atoms with Crippen molar-refractivity contribution in [3.63, 3.8) is 0 Å². The largest absolute Gasteiger partial charge is 0.494 e. The number of nitrogens with zero attached hydrogens (tertiary/aromatic N) is 6. The van der Waals surface area contributed by atoms with Crippen LogP contribution in [0.15, 0.2) is 47.4 Å². The van der Waals surface area contributed by atoms with Crippen molar-refractivity contribution in [3.8, 4) is 22.9 Å². The highest BCUT2D eigenvalue weighted by molar-refractivity contribution is 7.89. The first kappa shape index (κ1) is 23.9. The lowest BCUT2D eigenvalue weighted by Crippen LogP contribution is -2.48. The van der Waals surface area contributed by atoms with Gasteiger partial charge in [0.25, 0.3) is 0 Å². The number of aromatic nitrogens is 4. The number of hydrogen-bond acceptors (Lipinski definition) is 9. The molecule has 0 N–H and O–H groups in total. The predicted octanol–water partition coefficient (Wildman–Crippen LogP) is 1.58. The molecule has 12 heteroatoms. The van der Waals surface area contributed by atoms with Crippen LogP contribution in [0.3, 0.4) is 0 Å². The summed E-state index contributed by atoms with van der Waals surface area (Å²) in [5.74, 6) is 2.33. The van der Waals surface area contributed by atoms with E-state index in [0.29, 0.717) is 56.7 Å². The van der Waals surface area contributed by atoms with E-state index < -0.39 is 10.0 Å². The Bertz CT molecular complexity index is 1210. The summed E-state index contributed by atoms with van der Waals surface area (Å²) in [6, 6.07) is 12.2. The van der Waals surface area contributed by atoms with Crippen LogP contribution in [0.25, 0.3) is 5.69 Å². The van der Waals surface area contributed by atoms with Gasteiger partial charge in [-0.3, -0.25) is 4.90 Å². The number of methoxy groups -OCH3 is 2. The molecule has 0 amide bonds. The molecule has 3 aromatic rings. The van der Waals surface area contributed by atoms with Crippen LogP contribution in [0.4, 0.5) is 0 Å². The molecule has 0 radical (unpaired) electrons. The predicted molar refractivity (Wildman–Crippen MR) is 124 cm³/mol. The third kappa shape index (κ3) is 4.98. The molecule has 1 aromatic heterocycles. The monoisotopic (exact) mass is 488 g/mol. The first-order valence-electron chi connectivity index (χ1n) is 10.9. The van der Waals surface area contributed by atoms with Crippen molar-refractivity contribution in [2.24, 2.45) is 0 Å². The molecule has 4 rings (SSSR count). The number of rotatable bonds is 9. The molecule has 34 heavy (non-hydrogen) atoms. The Hall–Kier alpha value is -3.22. The molecule has 0 saturated carbocycles. The Labute approximate surface area is 198 Å². The Kier molecular flexibility index (Phi) is 7.29. The van der Waals surface area contributed by atoms with Gasteiger partial charge < -0.3 is 14.2 Å². The maximum Gasteiger partial charge on any atom is 0.243 e. The van der Waals surface area contributed by atoms with Gasteiger partial charge in [0, 0.05) is 32.2 Å². The van der Waals surface area contributed by atoms with Crippen LogP contribution in [0.5, 0.6) is 17.2 Å². The van der Waals surface area contributed by atoms with Gasteiger partial charge >= 0.3 is 0 Å². The van der Waals surface area contributed by atoms with E-state index in [1.54, 1.807) is 10.7 Å². The van der Waals surface area contributed by atoms with E-state index in [9.17, 15) is 8.42 Å². The van der Waals surface area contributed by atoms with Crippen LogP contribution in [-0.2, 0) is 16.6 Å². The van der Waals surface area contributed by atoms with Gasteiger partial charge in [-0.1, -0.05) is 0 Å². The van der Waals surface area contributed by atoms with Crippen LogP contribution in [0, 0.1) is 0 Å². The molecular formula is C22H28N6O5S. The van der Waals surface area contributed by atoms with E-state index in [2.05, 4.69) is 20.4 Å². The Morgan fingerprint density at radius 1 is 0.941 bits per heavy atom. The highest BCUT2D eigenvalue weighted by Gasteiger charge is 2.30. The van der Waals surface area contributed by atoms with E-state index >= 15 is 0 Å². The highest BCUT2D eigenvalue weighted by atomic mass is 32.2. The van der Waals surface area contributed by atoms with Gasteiger partial charge in [0.1, 0.15) is 5.75 Å². The molecular weight excluding hydrogens is 460 g/mol. The first-order valence-corrected chi connectivity index (χ1v) is 12.3. The van der Waals surface area contributed by atoms with Gasteiger partial charge in [0.05, 0.1) is 38.0 Å². The number of benzene rings is 2. The molecule has 0 spiro atoms. The number of ether oxygens (including phenoxy) is 3. The second kappa shape index (κ2) is 10.4. The number of piperazine rings is 1. The first-order chi connectivity index (χ1) is 16.5. The second-order valence-corrected chi connectivity index (χ2v) is 9.57. The lowest BCUT2D eigenvalue weighted by atomic mass is 10.3. The SMILES string of the molecule is CCOc1ccc(-n2nnnc2CN2CCN(S(=O)(=O)c3ccc(OC)c(OC)c3)CC2)cc1. The summed E-state index contributed by atoms with van der Waals surface area (Å²) >= 11 is 0. The maximum absolute atomic E-state index is 13.2. The minimum atomic E-state index is -3.65. The molecule has 2 aromatic carbocycles. The summed E-state index contributed by atoms with van der Waals surface area (Å²) in [6.07, 6.45) is 0. The summed E-state index contributed by atoms with van der Waals surface area (Å²) in [4.78, 5) is 2.32. The highest BCUT2D eigenvalue weighted by Crippen LogP contribution is 2.31. The number of sulfonamides is 1. The van der Waals surface area contributed by atoms with Gasteiger partial charge in [0.2, 0.25) is 10.0 Å². The molecule has 1 aliphatic heterocycles. The molecule has 0 bridgehead atoms. The molecule has 0 aliphatic carbocycles. The topological polar surface area (TPSA) is 112 Å². The quantitative estimate of drug-likeness (QED) is 0.443. The Morgan fingerprint density at radius 3 is 2.29 bits per heavy atom. The minimum absolute atomic E-state index is 0.179. The van der Waals surface area contributed by atoms with Gasteiger partial charge in [-0.2, -0.15) is 8.99 Å². The zero-order chi connectivity index (χ0) is 24.1. The third-order valence-corrected chi connectivity index (χ3v) is 7.51. The van der Waals surface area contributed by atoms with E-state index in [4.69, 9.17) is 14.2 Å². The van der Waals surface area contributed by atoms with Crippen LogP contribution < -0.4 is 14.2 Å². The molecule has 1 saturated heterocycles. The summed E-state index contributed by atoms with van der Waals surface area (Å²) in [5, 5.41) is 12.1. The molecule has 0 unspecified atom stereocenters. The lowest BCUT2D eigenvalue weighted by Gasteiger charge is -2.33. The van der Waals surface area contributed by atoms with Crippen LogP contribution in [-0.4, -0.2) is 84.8 Å². The molecule has 182 valence electrons. The molecule has 1 fully saturated rings. The fourth-order valence-corrected chi connectivity index (χ4v) is 5.25. The summed E-state index contributed by atoms with van der Waals surface area (Å²) < 4.78 is 45.4. The average Bonchev–Trinajstić information content (AvgIpc) is 3.32. The minimum Gasteiger partial charge on any atom is -0.494 e. The fourth-order valence-electron chi connectivity index (χ4n) is 3.81. The van der Waals surface area contributed by atoms with Gasteiger partial charge in [-0.05, 0) is 53.7 Å². The Morgan fingerprint density at radius 2 is 1.65 bits per heavy atom. The normalized spacial score (nSPS) is 15.3. The fraction of sp³-hybridized carbons (Fsp3) is 0.409. The smallest absolute Gasteiger partial charge is 0.243 e. The average molecular weight is 489 g/mol. The van der Waals surface area contributed by atoms with Crippen molar-refractivity contribution < 1.29 is 22.6 Å². The van der Waals surface area contributed by atoms with Crippen molar-refractivity contribution in [3.05, 3.63) is 48.3 Å². The maximum atomic E-state index is 13.2. The summed E-state index contributed by atoms with van der Waals surface area (Å²) in [7, 11) is -0.660. The number of hydrogen-bond donors (Lipinski definition) is 0. The van der Waals surface area contributed by atoms with Gasteiger partial charge in [-0.15, -0.1) is 5.10 Å². The standard InChI is InChI=1S/C22H28N6O5S/c1-4-33-18-7-5-17(6-8-18)28-22(23-24-25-28)16-26-11-13-27(14-12-26)34(29,30)19-9-10-20(31-2)21(15-19)32-3/h5-10,15H,4,11-14,16H2,1-3H3. The van der Waals surface area contributed by atoms with Crippen molar-refractivity contribution in [2.45, 2.75) is 18.4 Å². The van der Waals surface area contributed by atoms with Gasteiger partial charge in [0.15, 0.2) is 17.3 Å². The van der Waals surface area contributed by atoms with Crippen LogP contribution >= 0.6 is 0 Å². The van der Waals surface area contributed by atoms with Crippen molar-refractivity contribution >= 4 is 10.0 Å². The summed E-state index contributed by atoms with van der Waals surface area (Å²) in [5.41, 5.74) is 0.832. The number of tetrazole rings is 1. The molecule has 11 nitrogen and oxygen atoms in total. The van der Waals surface area contributed by atoms with Crippen LogP contribution in [0.1, 0.15) is 12.7 Å². The zero-order valence-electron chi connectivity index (χ0n) is 19.4. The zero-order valence-corrected chi connectivity index (χ0v) is 20.2. The van der Waals surface area contributed by atoms with Crippen molar-refractivity contribution in [1.82, 2.24) is 29.4 Å². The Balaban J connectivity index is 1.41. The van der Waals surface area contributed by atoms with E-state index in [-0.39, 0.29) is 4.90 Å². The molecule has 2 heterocycles. The van der Waals surface area contributed by atoms with E-state index in [1.807, 2.05) is 31.2 Å². The summed E-state index contributed by atoms with van der Waals surface area (Å²) in [6.45, 7) is 4.88. The van der Waals surface area contributed by atoms with Crippen molar-refractivity contribution in [2.75, 3.05) is 47.0 Å². The third-order valence-electron chi connectivity index (χ3n) is 5.62. The second-order valence-electron chi connectivity index (χ2n) is 7.63. The van der Waals surface area contributed by atoms with E-state index in [1.165, 1.54) is 30.7 Å². The van der Waals surface area contributed by atoms with E-state index in [0.717, 1.165) is 11.4 Å². The lowest BCUT2D eigenvalue weighted by molar-refractivity contribution is 0.177.